The van der Waals surface area contributed by atoms with Gasteiger partial charge in [-0.2, -0.15) is 0 Å². The lowest BCUT2D eigenvalue weighted by Crippen LogP contribution is -2.35. The van der Waals surface area contributed by atoms with E-state index < -0.39 is 5.97 Å². The zero-order valence-corrected chi connectivity index (χ0v) is 9.96. The number of carbonyl (C=O) groups is 2. The first-order chi connectivity index (χ1) is 7.13. The number of carbonyl (C=O) groups excluding carboxylic acids is 1. The Morgan fingerprint density at radius 3 is 2.25 bits per heavy atom. The quantitative estimate of drug-likeness (QED) is 0.672. The molecule has 1 rings (SSSR count). The van der Waals surface area contributed by atoms with Crippen LogP contribution in [-0.2, 0) is 9.59 Å². The Bertz CT molecular complexity index is 240. The average Bonchev–Trinajstić information content (AvgIpc) is 2.26. The summed E-state index contributed by atoms with van der Waals surface area (Å²) in [5, 5.41) is 11.5. The van der Waals surface area contributed by atoms with Crippen molar-refractivity contribution < 1.29 is 14.7 Å². The minimum Gasteiger partial charge on any atom is -0.481 e. The molecule has 1 aliphatic carbocycles. The fourth-order valence-electron chi connectivity index (χ4n) is 1.94. The van der Waals surface area contributed by atoms with E-state index >= 15 is 0 Å². The molecule has 0 aromatic carbocycles. The number of rotatable bonds is 4. The van der Waals surface area contributed by atoms with E-state index in [2.05, 4.69) is 5.32 Å². The SMILES string of the molecule is Cl.NCC(=O)NCC1CCC(C(=O)O)CC1. The van der Waals surface area contributed by atoms with Crippen molar-refractivity contribution in [1.82, 2.24) is 5.32 Å². The molecule has 5 nitrogen and oxygen atoms in total. The van der Waals surface area contributed by atoms with Crippen molar-refractivity contribution in [3.8, 4) is 0 Å². The topological polar surface area (TPSA) is 92.4 Å². The second-order valence-corrected chi connectivity index (χ2v) is 4.06. The number of amides is 1. The van der Waals surface area contributed by atoms with Crippen LogP contribution in [0, 0.1) is 11.8 Å². The van der Waals surface area contributed by atoms with E-state index in [4.69, 9.17) is 10.8 Å². The van der Waals surface area contributed by atoms with Gasteiger partial charge in [-0.25, -0.2) is 0 Å². The lowest BCUT2D eigenvalue weighted by atomic mass is 9.82. The van der Waals surface area contributed by atoms with Crippen LogP contribution in [0.15, 0.2) is 0 Å². The summed E-state index contributed by atoms with van der Waals surface area (Å²) in [6.45, 7) is 0.646. The van der Waals surface area contributed by atoms with Crippen molar-refractivity contribution in [2.24, 2.45) is 17.6 Å². The van der Waals surface area contributed by atoms with E-state index in [1.54, 1.807) is 0 Å². The molecule has 0 bridgehead atoms. The van der Waals surface area contributed by atoms with Gasteiger partial charge in [0, 0.05) is 6.54 Å². The van der Waals surface area contributed by atoms with Crippen LogP contribution in [0.2, 0.25) is 0 Å². The van der Waals surface area contributed by atoms with Gasteiger partial charge in [-0.05, 0) is 31.6 Å². The van der Waals surface area contributed by atoms with Crippen molar-refractivity contribution in [3.05, 3.63) is 0 Å². The molecule has 1 saturated carbocycles. The van der Waals surface area contributed by atoms with Crippen LogP contribution in [0.1, 0.15) is 25.7 Å². The first-order valence-electron chi connectivity index (χ1n) is 5.33. The number of hydrogen-bond acceptors (Lipinski definition) is 3. The first-order valence-corrected chi connectivity index (χ1v) is 5.33. The van der Waals surface area contributed by atoms with Crippen molar-refractivity contribution in [1.29, 1.82) is 0 Å². The van der Waals surface area contributed by atoms with E-state index in [0.717, 1.165) is 25.7 Å². The first kappa shape index (κ1) is 15.2. The number of nitrogens with two attached hydrogens (primary N) is 1. The average molecular weight is 251 g/mol. The molecule has 16 heavy (non-hydrogen) atoms. The predicted molar refractivity (Wildman–Crippen MR) is 62.4 cm³/mol. The lowest BCUT2D eigenvalue weighted by Gasteiger charge is -2.26. The highest BCUT2D eigenvalue weighted by atomic mass is 35.5. The Balaban J connectivity index is 0.00000225. The fraction of sp³-hybridized carbons (Fsp3) is 0.800. The molecule has 0 unspecified atom stereocenters. The lowest BCUT2D eigenvalue weighted by molar-refractivity contribution is -0.143. The molecule has 0 spiro atoms. The van der Waals surface area contributed by atoms with Gasteiger partial charge in [0.25, 0.3) is 0 Å². The van der Waals surface area contributed by atoms with Crippen molar-refractivity contribution in [2.45, 2.75) is 25.7 Å². The molecule has 6 heteroatoms. The standard InChI is InChI=1S/C10H18N2O3.ClH/c11-5-9(13)12-6-7-1-3-8(4-2-7)10(14)15;/h7-8H,1-6,11H2,(H,12,13)(H,14,15);1H. The van der Waals surface area contributed by atoms with E-state index in [1.165, 1.54) is 0 Å². The highest BCUT2D eigenvalue weighted by Crippen LogP contribution is 2.28. The van der Waals surface area contributed by atoms with Crippen LogP contribution in [0.4, 0.5) is 0 Å². The molecule has 0 atom stereocenters. The molecule has 1 amide bonds. The highest BCUT2D eigenvalue weighted by Gasteiger charge is 2.25. The molecular formula is C10H19ClN2O3. The van der Waals surface area contributed by atoms with Gasteiger partial charge >= 0.3 is 5.97 Å². The van der Waals surface area contributed by atoms with Gasteiger partial charge in [0.15, 0.2) is 0 Å². The minimum absolute atomic E-state index is 0. The van der Waals surface area contributed by atoms with Crippen LogP contribution >= 0.6 is 12.4 Å². The Morgan fingerprint density at radius 2 is 1.81 bits per heavy atom. The number of carboxylic acid groups (broad SMARTS) is 1. The van der Waals surface area contributed by atoms with Crippen LogP contribution in [0.25, 0.3) is 0 Å². The summed E-state index contributed by atoms with van der Waals surface area (Å²) in [4.78, 5) is 21.6. The maximum atomic E-state index is 10.9. The summed E-state index contributed by atoms with van der Waals surface area (Å²) in [5.74, 6) is -0.614. The third-order valence-corrected chi connectivity index (χ3v) is 2.97. The van der Waals surface area contributed by atoms with Gasteiger partial charge in [0.05, 0.1) is 12.5 Å². The third-order valence-electron chi connectivity index (χ3n) is 2.97. The predicted octanol–water partition coefficient (Wildman–Crippen LogP) is 0.374. The normalized spacial score (nSPS) is 24.3. The fourth-order valence-corrected chi connectivity index (χ4v) is 1.94. The van der Waals surface area contributed by atoms with Gasteiger partial charge in [-0.1, -0.05) is 0 Å². The molecule has 0 saturated heterocycles. The number of carboxylic acids is 1. The number of nitrogens with one attached hydrogen (secondary N) is 1. The molecule has 1 aliphatic rings. The Morgan fingerprint density at radius 1 is 1.25 bits per heavy atom. The Labute approximate surface area is 101 Å². The van der Waals surface area contributed by atoms with E-state index in [9.17, 15) is 9.59 Å². The Kier molecular flexibility index (Phi) is 7.08. The molecular weight excluding hydrogens is 232 g/mol. The molecule has 0 aromatic rings. The molecule has 0 heterocycles. The van der Waals surface area contributed by atoms with E-state index in [-0.39, 0.29) is 30.8 Å². The van der Waals surface area contributed by atoms with Crippen LogP contribution in [0.5, 0.6) is 0 Å². The Hall–Kier alpha value is -0.810. The maximum Gasteiger partial charge on any atom is 0.306 e. The number of hydrogen-bond donors (Lipinski definition) is 3. The van der Waals surface area contributed by atoms with Gasteiger partial charge < -0.3 is 16.2 Å². The minimum atomic E-state index is -0.695. The summed E-state index contributed by atoms with van der Waals surface area (Å²) < 4.78 is 0. The van der Waals surface area contributed by atoms with Gasteiger partial charge in [0.1, 0.15) is 0 Å². The monoisotopic (exact) mass is 250 g/mol. The molecule has 0 aliphatic heterocycles. The second kappa shape index (κ2) is 7.46. The number of aliphatic carboxylic acids is 1. The number of halogens is 1. The summed E-state index contributed by atoms with van der Waals surface area (Å²) in [5.41, 5.74) is 5.16. The molecule has 0 aromatic heterocycles. The smallest absolute Gasteiger partial charge is 0.306 e. The molecule has 1 fully saturated rings. The van der Waals surface area contributed by atoms with E-state index in [0.29, 0.717) is 12.5 Å². The summed E-state index contributed by atoms with van der Waals surface area (Å²) in [7, 11) is 0. The van der Waals surface area contributed by atoms with Gasteiger partial charge in [-0.15, -0.1) is 12.4 Å². The zero-order valence-electron chi connectivity index (χ0n) is 9.15. The largest absolute Gasteiger partial charge is 0.481 e. The zero-order chi connectivity index (χ0) is 11.3. The van der Waals surface area contributed by atoms with E-state index in [1.807, 2.05) is 0 Å². The van der Waals surface area contributed by atoms with Crippen molar-refractivity contribution >= 4 is 24.3 Å². The summed E-state index contributed by atoms with van der Waals surface area (Å²) >= 11 is 0. The highest BCUT2D eigenvalue weighted by molar-refractivity contribution is 5.85. The maximum absolute atomic E-state index is 10.9. The molecule has 94 valence electrons. The van der Waals surface area contributed by atoms with Gasteiger partial charge in [-0.3, -0.25) is 9.59 Å². The molecule has 0 radical (unpaired) electrons. The van der Waals surface area contributed by atoms with Crippen LogP contribution in [0.3, 0.4) is 0 Å². The van der Waals surface area contributed by atoms with Crippen molar-refractivity contribution in [2.75, 3.05) is 13.1 Å². The second-order valence-electron chi connectivity index (χ2n) is 4.06. The molecule has 4 N–H and O–H groups in total. The summed E-state index contributed by atoms with van der Waals surface area (Å²) in [6.07, 6.45) is 3.20. The van der Waals surface area contributed by atoms with Gasteiger partial charge in [0.2, 0.25) is 5.91 Å². The van der Waals surface area contributed by atoms with Crippen LogP contribution < -0.4 is 11.1 Å². The third kappa shape index (κ3) is 4.81. The summed E-state index contributed by atoms with van der Waals surface area (Å²) in [6, 6.07) is 0. The van der Waals surface area contributed by atoms with Crippen LogP contribution in [-0.4, -0.2) is 30.1 Å². The van der Waals surface area contributed by atoms with Crippen molar-refractivity contribution in [3.63, 3.8) is 0 Å².